The summed E-state index contributed by atoms with van der Waals surface area (Å²) in [6.45, 7) is 3.95. The Labute approximate surface area is 193 Å². The maximum atomic E-state index is 13.2. The number of hydrogen-bond acceptors (Lipinski definition) is 6. The minimum absolute atomic E-state index is 0.101. The molecule has 2 saturated heterocycles. The topological polar surface area (TPSA) is 88.2 Å². The number of morpholine rings is 2. The molecule has 0 aliphatic carbocycles. The summed E-state index contributed by atoms with van der Waals surface area (Å²) in [5.74, 6) is -0.342. The first-order valence-electron chi connectivity index (χ1n) is 10.5. The van der Waals surface area contributed by atoms with Gasteiger partial charge in [0, 0.05) is 43.4 Å². The Balaban J connectivity index is 1.63. The quantitative estimate of drug-likeness (QED) is 0.683. The molecular formula is C22H26ClN3O5S. The summed E-state index contributed by atoms with van der Waals surface area (Å²) in [7, 11) is -3.73. The highest BCUT2D eigenvalue weighted by atomic mass is 35.5. The van der Waals surface area contributed by atoms with Crippen LogP contribution in [0.1, 0.15) is 15.9 Å². The summed E-state index contributed by atoms with van der Waals surface area (Å²) in [5.41, 5.74) is 1.87. The van der Waals surface area contributed by atoms with Crippen LogP contribution in [0.25, 0.3) is 0 Å². The van der Waals surface area contributed by atoms with Gasteiger partial charge in [0.2, 0.25) is 10.0 Å². The van der Waals surface area contributed by atoms with Crippen LogP contribution in [0.15, 0.2) is 47.4 Å². The van der Waals surface area contributed by atoms with Crippen molar-refractivity contribution in [2.45, 2.75) is 11.4 Å². The average molecular weight is 480 g/mol. The lowest BCUT2D eigenvalue weighted by molar-refractivity contribution is 0.0730. The maximum absolute atomic E-state index is 13.2. The summed E-state index contributed by atoms with van der Waals surface area (Å²) in [4.78, 5) is 15.3. The van der Waals surface area contributed by atoms with Crippen molar-refractivity contribution in [3.05, 3.63) is 58.6 Å². The molecule has 1 amide bonds. The number of ether oxygens (including phenoxy) is 2. The zero-order chi connectivity index (χ0) is 22.6. The van der Waals surface area contributed by atoms with E-state index >= 15 is 0 Å². The van der Waals surface area contributed by atoms with E-state index in [9.17, 15) is 13.2 Å². The standard InChI is InChI=1S/C22H26ClN3O5S/c23-18-3-1-2-17(14-18)16-24-22(27)20-15-19(32(28,29)26-8-12-31-13-9-26)4-5-21(20)25-6-10-30-11-7-25/h1-5,14-15H,6-13,16H2,(H,24,27). The van der Waals surface area contributed by atoms with Crippen molar-refractivity contribution in [2.24, 2.45) is 0 Å². The Bertz CT molecular complexity index is 1070. The number of rotatable bonds is 6. The Kier molecular flexibility index (Phi) is 7.32. The van der Waals surface area contributed by atoms with Crippen molar-refractivity contribution in [3.8, 4) is 0 Å². The van der Waals surface area contributed by atoms with Gasteiger partial charge in [-0.15, -0.1) is 0 Å². The van der Waals surface area contributed by atoms with Gasteiger partial charge in [-0.2, -0.15) is 4.31 Å². The van der Waals surface area contributed by atoms with Crippen LogP contribution in [0.2, 0.25) is 5.02 Å². The van der Waals surface area contributed by atoms with E-state index in [0.717, 1.165) is 5.56 Å². The van der Waals surface area contributed by atoms with E-state index in [1.807, 2.05) is 17.0 Å². The number of hydrogen-bond donors (Lipinski definition) is 1. The summed E-state index contributed by atoms with van der Waals surface area (Å²) in [5, 5.41) is 3.48. The third kappa shape index (κ3) is 5.24. The molecule has 2 aliphatic heterocycles. The zero-order valence-corrected chi connectivity index (χ0v) is 19.2. The molecule has 2 heterocycles. The molecule has 32 heavy (non-hydrogen) atoms. The smallest absolute Gasteiger partial charge is 0.253 e. The molecule has 0 aromatic heterocycles. The number of sulfonamides is 1. The van der Waals surface area contributed by atoms with E-state index in [1.165, 1.54) is 10.4 Å². The Morgan fingerprint density at radius 1 is 0.969 bits per heavy atom. The third-order valence-corrected chi connectivity index (χ3v) is 7.64. The van der Waals surface area contributed by atoms with Gasteiger partial charge in [-0.1, -0.05) is 23.7 Å². The maximum Gasteiger partial charge on any atom is 0.253 e. The summed E-state index contributed by atoms with van der Waals surface area (Å²) >= 11 is 6.04. The lowest BCUT2D eigenvalue weighted by Crippen LogP contribution is -2.41. The Morgan fingerprint density at radius 3 is 2.34 bits per heavy atom. The first kappa shape index (κ1) is 23.0. The molecule has 0 radical (unpaired) electrons. The molecule has 2 aromatic carbocycles. The fraction of sp³-hybridized carbons (Fsp3) is 0.409. The molecule has 172 valence electrons. The summed E-state index contributed by atoms with van der Waals surface area (Å²) < 4.78 is 38.4. The average Bonchev–Trinajstić information content (AvgIpc) is 2.83. The van der Waals surface area contributed by atoms with Crippen LogP contribution >= 0.6 is 11.6 Å². The predicted molar refractivity (Wildman–Crippen MR) is 122 cm³/mol. The summed E-state index contributed by atoms with van der Waals surface area (Å²) in [6.07, 6.45) is 0. The summed E-state index contributed by atoms with van der Waals surface area (Å²) in [6, 6.07) is 12.0. The number of carbonyl (C=O) groups excluding carboxylic acids is 1. The van der Waals surface area contributed by atoms with Crippen LogP contribution < -0.4 is 10.2 Å². The molecule has 2 aliphatic rings. The van der Waals surface area contributed by atoms with Crippen LogP contribution in [0.3, 0.4) is 0 Å². The van der Waals surface area contributed by atoms with E-state index in [0.29, 0.717) is 68.9 Å². The van der Waals surface area contributed by atoms with Crippen molar-refractivity contribution < 1.29 is 22.7 Å². The van der Waals surface area contributed by atoms with Gasteiger partial charge in [-0.05, 0) is 35.9 Å². The lowest BCUT2D eigenvalue weighted by atomic mass is 10.1. The molecule has 0 saturated carbocycles. The third-order valence-electron chi connectivity index (χ3n) is 5.51. The highest BCUT2D eigenvalue weighted by Crippen LogP contribution is 2.27. The number of nitrogens with zero attached hydrogens (tertiary/aromatic N) is 2. The van der Waals surface area contributed by atoms with E-state index in [2.05, 4.69) is 5.32 Å². The van der Waals surface area contributed by atoms with Gasteiger partial charge in [-0.3, -0.25) is 4.79 Å². The second-order valence-electron chi connectivity index (χ2n) is 7.61. The van der Waals surface area contributed by atoms with Gasteiger partial charge in [-0.25, -0.2) is 8.42 Å². The minimum Gasteiger partial charge on any atom is -0.379 e. The first-order chi connectivity index (χ1) is 15.4. The van der Waals surface area contributed by atoms with Crippen LogP contribution in [0.4, 0.5) is 5.69 Å². The second-order valence-corrected chi connectivity index (χ2v) is 9.98. The van der Waals surface area contributed by atoms with Gasteiger partial charge >= 0.3 is 0 Å². The minimum atomic E-state index is -3.73. The molecule has 0 atom stereocenters. The van der Waals surface area contributed by atoms with Crippen molar-refractivity contribution in [2.75, 3.05) is 57.5 Å². The van der Waals surface area contributed by atoms with Gasteiger partial charge in [0.1, 0.15) is 0 Å². The van der Waals surface area contributed by atoms with E-state index in [4.69, 9.17) is 21.1 Å². The molecule has 0 bridgehead atoms. The second kappa shape index (κ2) is 10.2. The molecule has 10 heteroatoms. The lowest BCUT2D eigenvalue weighted by Gasteiger charge is -2.31. The number of anilines is 1. The normalized spacial score (nSPS) is 17.8. The highest BCUT2D eigenvalue weighted by molar-refractivity contribution is 7.89. The van der Waals surface area contributed by atoms with Crippen LogP contribution in [0, 0.1) is 0 Å². The molecule has 0 unspecified atom stereocenters. The van der Waals surface area contributed by atoms with Crippen molar-refractivity contribution in [3.63, 3.8) is 0 Å². The SMILES string of the molecule is O=C(NCc1cccc(Cl)c1)c1cc(S(=O)(=O)N2CCOCC2)ccc1N1CCOCC1. The van der Waals surface area contributed by atoms with Gasteiger partial charge in [0.15, 0.2) is 0 Å². The molecule has 4 rings (SSSR count). The Hall–Kier alpha value is -2.17. The number of amides is 1. The fourth-order valence-electron chi connectivity index (χ4n) is 3.80. The largest absolute Gasteiger partial charge is 0.379 e. The number of carbonyl (C=O) groups is 1. The molecular weight excluding hydrogens is 454 g/mol. The number of benzene rings is 2. The van der Waals surface area contributed by atoms with E-state index in [1.54, 1.807) is 24.3 Å². The molecule has 2 aromatic rings. The van der Waals surface area contributed by atoms with E-state index < -0.39 is 10.0 Å². The number of halogens is 1. The van der Waals surface area contributed by atoms with Gasteiger partial charge < -0.3 is 19.7 Å². The molecule has 2 fully saturated rings. The van der Waals surface area contributed by atoms with Crippen molar-refractivity contribution in [1.29, 1.82) is 0 Å². The highest BCUT2D eigenvalue weighted by Gasteiger charge is 2.29. The fourth-order valence-corrected chi connectivity index (χ4v) is 5.45. The molecule has 8 nitrogen and oxygen atoms in total. The first-order valence-corrected chi connectivity index (χ1v) is 12.3. The van der Waals surface area contributed by atoms with Gasteiger partial charge in [0.05, 0.1) is 36.9 Å². The van der Waals surface area contributed by atoms with Crippen LogP contribution in [-0.4, -0.2) is 71.2 Å². The predicted octanol–water partition coefficient (Wildman–Crippen LogP) is 2.13. The van der Waals surface area contributed by atoms with Crippen LogP contribution in [0.5, 0.6) is 0 Å². The van der Waals surface area contributed by atoms with E-state index in [-0.39, 0.29) is 17.3 Å². The van der Waals surface area contributed by atoms with Crippen molar-refractivity contribution in [1.82, 2.24) is 9.62 Å². The van der Waals surface area contributed by atoms with Crippen molar-refractivity contribution >= 4 is 33.2 Å². The Morgan fingerprint density at radius 2 is 1.66 bits per heavy atom. The molecule has 0 spiro atoms. The van der Waals surface area contributed by atoms with Crippen LogP contribution in [-0.2, 0) is 26.0 Å². The van der Waals surface area contributed by atoms with Gasteiger partial charge in [0.25, 0.3) is 5.91 Å². The zero-order valence-electron chi connectivity index (χ0n) is 17.6. The molecule has 1 N–H and O–H groups in total. The monoisotopic (exact) mass is 479 g/mol. The number of nitrogens with one attached hydrogen (secondary N) is 1.